The molecule has 4 rings (SSSR count). The molecular formula is C21H17N6OS2+. The van der Waals surface area contributed by atoms with Crippen LogP contribution in [0.25, 0.3) is 11.6 Å². The summed E-state index contributed by atoms with van der Waals surface area (Å²) in [5.41, 5.74) is 3.88. The van der Waals surface area contributed by atoms with Crippen molar-refractivity contribution in [3.05, 3.63) is 75.7 Å². The Morgan fingerprint density at radius 3 is 2.80 bits per heavy atom. The molecular weight excluding hydrogens is 416 g/mol. The summed E-state index contributed by atoms with van der Waals surface area (Å²) in [6.45, 7) is 1.82. The van der Waals surface area contributed by atoms with Crippen LogP contribution in [0.5, 0.6) is 5.75 Å². The molecule has 1 N–H and O–H groups in total. The lowest BCUT2D eigenvalue weighted by Gasteiger charge is -2.18. The monoisotopic (exact) mass is 433 g/mol. The second kappa shape index (κ2) is 8.59. The molecule has 2 aromatic carbocycles. The van der Waals surface area contributed by atoms with Gasteiger partial charge in [0.05, 0.1) is 22.2 Å². The Bertz CT molecular complexity index is 1180. The van der Waals surface area contributed by atoms with E-state index in [1.54, 1.807) is 24.5 Å². The summed E-state index contributed by atoms with van der Waals surface area (Å²) in [5, 5.41) is 33.9. The van der Waals surface area contributed by atoms with Crippen LogP contribution < -0.4 is 4.00 Å². The summed E-state index contributed by atoms with van der Waals surface area (Å²) in [6, 6.07) is 17.3. The van der Waals surface area contributed by atoms with E-state index < -0.39 is 0 Å². The lowest BCUT2D eigenvalue weighted by molar-refractivity contribution is 0.471. The number of phenolic OH excluding ortho intramolecular Hbond substituents is 1. The molecule has 30 heavy (non-hydrogen) atoms. The minimum Gasteiger partial charge on any atom is -0.508 e. The van der Waals surface area contributed by atoms with Gasteiger partial charge in [0.1, 0.15) is 28.8 Å². The van der Waals surface area contributed by atoms with E-state index >= 15 is 0 Å². The molecule has 1 aliphatic heterocycles. The molecule has 0 saturated carbocycles. The average Bonchev–Trinajstić information content (AvgIpc) is 3.44. The van der Waals surface area contributed by atoms with Gasteiger partial charge in [-0.15, -0.1) is 11.3 Å². The number of quaternary nitrogens is 1. The molecule has 148 valence electrons. The average molecular weight is 434 g/mol. The molecule has 1 unspecified atom stereocenters. The number of benzene rings is 2. The Kier molecular flexibility index (Phi) is 5.72. The molecule has 0 spiro atoms. The predicted octanol–water partition coefficient (Wildman–Crippen LogP) is 5.70. The highest BCUT2D eigenvalue weighted by Crippen LogP contribution is 2.36. The van der Waals surface area contributed by atoms with Crippen LogP contribution in [0.3, 0.4) is 0 Å². The Hall–Kier alpha value is -3.32. The van der Waals surface area contributed by atoms with Crippen molar-refractivity contribution in [3.8, 4) is 11.8 Å². The number of allylic oxidation sites excluding steroid dienone is 1. The zero-order valence-electron chi connectivity index (χ0n) is 16.0. The van der Waals surface area contributed by atoms with Crippen molar-refractivity contribution < 1.29 is 5.11 Å². The summed E-state index contributed by atoms with van der Waals surface area (Å²) in [7, 11) is 0. The standard InChI is InChI=1S/C21H16N6OS2/c1-15-9-16(7-8-20(15)28)10-17(11-22)21-24-18(12-29-21)13-30-27(14-23-25-26-27)19-5-3-2-4-6-19/h2-10,12,14H,13H2,1H3/p+1. The molecule has 0 bridgehead atoms. The lowest BCUT2D eigenvalue weighted by Crippen LogP contribution is -2.32. The highest BCUT2D eigenvalue weighted by atomic mass is 32.2. The van der Waals surface area contributed by atoms with Crippen LogP contribution in [0.15, 0.2) is 69.5 Å². The molecule has 1 aromatic heterocycles. The Balaban J connectivity index is 1.53. The molecule has 0 aliphatic carbocycles. The SMILES string of the molecule is Cc1cc(/C=C(\C#N)c2nc(CS[N+]3(c4ccccc4)C=NN=N3)cs2)ccc1O. The number of hydrogen-bond donors (Lipinski definition) is 1. The number of nitrogens with zero attached hydrogens (tertiary/aromatic N) is 6. The summed E-state index contributed by atoms with van der Waals surface area (Å²) in [4.78, 5) is 4.63. The van der Waals surface area contributed by atoms with Crippen molar-refractivity contribution in [2.75, 3.05) is 0 Å². The maximum Gasteiger partial charge on any atom is 0.257 e. The van der Waals surface area contributed by atoms with E-state index in [0.717, 1.165) is 22.5 Å². The molecule has 0 radical (unpaired) electrons. The third-order valence-corrected chi connectivity index (χ3v) is 6.52. The number of para-hydroxylation sites is 1. The number of aromatic hydroxyl groups is 1. The highest BCUT2D eigenvalue weighted by molar-refractivity contribution is 7.98. The first-order valence-corrected chi connectivity index (χ1v) is 10.8. The van der Waals surface area contributed by atoms with Crippen molar-refractivity contribution in [1.29, 1.82) is 5.26 Å². The van der Waals surface area contributed by atoms with Crippen LogP contribution >= 0.6 is 23.3 Å². The maximum atomic E-state index is 9.68. The third-order valence-electron chi connectivity index (χ3n) is 4.40. The molecule has 1 atom stereocenters. The van der Waals surface area contributed by atoms with Gasteiger partial charge in [-0.1, -0.05) is 29.4 Å². The van der Waals surface area contributed by atoms with Crippen molar-refractivity contribution in [2.24, 2.45) is 15.5 Å². The van der Waals surface area contributed by atoms with Crippen LogP contribution in [0, 0.1) is 18.3 Å². The van der Waals surface area contributed by atoms with Crippen LogP contribution in [-0.2, 0) is 5.75 Å². The number of phenols is 1. The number of aromatic nitrogens is 1. The molecule has 3 aromatic rings. The fourth-order valence-corrected chi connectivity index (χ4v) is 4.66. The van der Waals surface area contributed by atoms with Gasteiger partial charge < -0.3 is 5.11 Å². The summed E-state index contributed by atoms with van der Waals surface area (Å²) >= 11 is 2.95. The first-order chi connectivity index (χ1) is 14.6. The smallest absolute Gasteiger partial charge is 0.257 e. The second-order valence-corrected chi connectivity index (χ2v) is 8.46. The summed E-state index contributed by atoms with van der Waals surface area (Å²) in [5.74, 6) is 0.810. The van der Waals surface area contributed by atoms with Gasteiger partial charge in [-0.05, 0) is 40.3 Å². The van der Waals surface area contributed by atoms with E-state index in [9.17, 15) is 10.4 Å². The van der Waals surface area contributed by atoms with E-state index in [4.69, 9.17) is 0 Å². The van der Waals surface area contributed by atoms with Crippen LogP contribution in [0.4, 0.5) is 5.69 Å². The number of aryl methyl sites for hydroxylation is 1. The fourth-order valence-electron chi connectivity index (χ4n) is 2.83. The zero-order chi connectivity index (χ0) is 21.0. The predicted molar refractivity (Wildman–Crippen MR) is 121 cm³/mol. The van der Waals surface area contributed by atoms with Gasteiger partial charge in [0.25, 0.3) is 6.34 Å². The molecule has 1 aliphatic rings. The first kappa shape index (κ1) is 20.0. The van der Waals surface area contributed by atoms with Crippen molar-refractivity contribution in [1.82, 2.24) is 8.98 Å². The Morgan fingerprint density at radius 1 is 1.27 bits per heavy atom. The maximum absolute atomic E-state index is 9.68. The van der Waals surface area contributed by atoms with Gasteiger partial charge in [0, 0.05) is 22.7 Å². The van der Waals surface area contributed by atoms with Gasteiger partial charge in [-0.25, -0.2) is 4.98 Å². The second-order valence-electron chi connectivity index (χ2n) is 6.50. The van der Waals surface area contributed by atoms with Crippen molar-refractivity contribution in [3.63, 3.8) is 0 Å². The van der Waals surface area contributed by atoms with Gasteiger partial charge in [0.15, 0.2) is 5.69 Å². The largest absolute Gasteiger partial charge is 0.508 e. The number of rotatable bonds is 6. The van der Waals surface area contributed by atoms with Crippen LogP contribution in [0.2, 0.25) is 0 Å². The highest BCUT2D eigenvalue weighted by Gasteiger charge is 2.36. The third kappa shape index (κ3) is 4.16. The van der Waals surface area contributed by atoms with E-state index in [1.807, 2.05) is 48.7 Å². The van der Waals surface area contributed by atoms with Crippen LogP contribution in [-0.4, -0.2) is 16.4 Å². The number of hydrogen-bond acceptors (Lipinski definition) is 8. The van der Waals surface area contributed by atoms with Crippen molar-refractivity contribution >= 4 is 47.0 Å². The summed E-state index contributed by atoms with van der Waals surface area (Å²) < 4.78 is 0.113. The van der Waals surface area contributed by atoms with Crippen LogP contribution in [0.1, 0.15) is 21.8 Å². The molecule has 2 heterocycles. The molecule has 9 heteroatoms. The Labute approximate surface area is 182 Å². The Morgan fingerprint density at radius 2 is 2.10 bits per heavy atom. The zero-order valence-corrected chi connectivity index (χ0v) is 17.6. The lowest BCUT2D eigenvalue weighted by atomic mass is 10.1. The molecule has 0 fully saturated rings. The number of nitriles is 1. The topological polar surface area (TPSA) is 94.0 Å². The van der Waals surface area contributed by atoms with Gasteiger partial charge in [0.2, 0.25) is 0 Å². The molecule has 0 amide bonds. The number of thiazole rings is 1. The minimum atomic E-state index is 0.113. The molecule has 7 nitrogen and oxygen atoms in total. The van der Waals surface area contributed by atoms with Crippen molar-refractivity contribution in [2.45, 2.75) is 12.7 Å². The van der Waals surface area contributed by atoms with E-state index in [1.165, 1.54) is 23.3 Å². The van der Waals surface area contributed by atoms with Gasteiger partial charge >= 0.3 is 0 Å². The van der Waals surface area contributed by atoms with E-state index in [0.29, 0.717) is 16.3 Å². The molecule has 0 saturated heterocycles. The quantitative estimate of drug-likeness (QED) is 0.306. The normalized spacial score (nSPS) is 17.9. The first-order valence-electron chi connectivity index (χ1n) is 9.01. The van der Waals surface area contributed by atoms with E-state index in [-0.39, 0.29) is 9.75 Å². The summed E-state index contributed by atoms with van der Waals surface area (Å²) in [6.07, 6.45) is 3.46. The van der Waals surface area contributed by atoms with E-state index in [2.05, 4.69) is 26.6 Å². The minimum absolute atomic E-state index is 0.113. The van der Waals surface area contributed by atoms with Gasteiger partial charge in [-0.3, -0.25) is 0 Å². The van der Waals surface area contributed by atoms with Gasteiger partial charge in [-0.2, -0.15) is 5.26 Å². The fraction of sp³-hybridized carbons (Fsp3) is 0.0952.